The SMILES string of the molecule is Cc1[nH]nc(C(=O)N2CCC(CSc3ccccc3)C2)c1[N+](=O)[O-]. The van der Waals surface area contributed by atoms with Crippen LogP contribution in [-0.2, 0) is 0 Å². The van der Waals surface area contributed by atoms with Gasteiger partial charge in [-0.25, -0.2) is 0 Å². The molecular weight excluding hydrogens is 328 g/mol. The minimum absolute atomic E-state index is 0.0890. The van der Waals surface area contributed by atoms with Gasteiger partial charge in [-0.05, 0) is 31.4 Å². The summed E-state index contributed by atoms with van der Waals surface area (Å²) >= 11 is 1.77. The van der Waals surface area contributed by atoms with Gasteiger partial charge in [-0.15, -0.1) is 11.8 Å². The third-order valence-corrected chi connectivity index (χ3v) is 5.35. The lowest BCUT2D eigenvalue weighted by Gasteiger charge is -2.15. The zero-order chi connectivity index (χ0) is 17.1. The van der Waals surface area contributed by atoms with Crippen LogP contribution in [0.5, 0.6) is 0 Å². The van der Waals surface area contributed by atoms with Crippen molar-refractivity contribution in [3.8, 4) is 0 Å². The van der Waals surface area contributed by atoms with Crippen molar-refractivity contribution in [3.05, 3.63) is 51.8 Å². The number of aromatic nitrogens is 2. The minimum atomic E-state index is -0.551. The van der Waals surface area contributed by atoms with Crippen LogP contribution in [0, 0.1) is 23.0 Å². The monoisotopic (exact) mass is 346 g/mol. The molecule has 1 saturated heterocycles. The molecule has 1 aliphatic heterocycles. The Kier molecular flexibility index (Phi) is 4.84. The normalized spacial score (nSPS) is 17.2. The van der Waals surface area contributed by atoms with Gasteiger partial charge in [-0.3, -0.25) is 20.0 Å². The molecule has 0 aliphatic carbocycles. The first-order valence-corrected chi connectivity index (χ1v) is 8.71. The summed E-state index contributed by atoms with van der Waals surface area (Å²) in [6, 6.07) is 10.1. The van der Waals surface area contributed by atoms with E-state index in [2.05, 4.69) is 22.3 Å². The van der Waals surface area contributed by atoms with E-state index in [1.54, 1.807) is 23.6 Å². The van der Waals surface area contributed by atoms with E-state index in [1.165, 1.54) is 4.90 Å². The molecule has 1 N–H and O–H groups in total. The number of carbonyl (C=O) groups excluding carboxylic acids is 1. The molecule has 2 aromatic rings. The van der Waals surface area contributed by atoms with E-state index in [0.29, 0.717) is 24.7 Å². The molecule has 0 bridgehead atoms. The quantitative estimate of drug-likeness (QED) is 0.510. The summed E-state index contributed by atoms with van der Waals surface area (Å²) < 4.78 is 0. The number of aryl methyl sites for hydroxylation is 1. The van der Waals surface area contributed by atoms with E-state index in [0.717, 1.165) is 12.2 Å². The van der Waals surface area contributed by atoms with E-state index >= 15 is 0 Å². The standard InChI is InChI=1S/C16H18N4O3S/c1-11-15(20(22)23)14(18-17-11)16(21)19-8-7-12(9-19)10-24-13-5-3-2-4-6-13/h2-6,12H,7-10H2,1H3,(H,17,18). The van der Waals surface area contributed by atoms with Gasteiger partial charge in [0.25, 0.3) is 5.91 Å². The van der Waals surface area contributed by atoms with E-state index in [4.69, 9.17) is 0 Å². The van der Waals surface area contributed by atoms with Crippen LogP contribution in [0.1, 0.15) is 22.6 Å². The Morgan fingerprint density at radius 1 is 1.46 bits per heavy atom. The van der Waals surface area contributed by atoms with E-state index in [9.17, 15) is 14.9 Å². The molecule has 24 heavy (non-hydrogen) atoms. The fourth-order valence-electron chi connectivity index (χ4n) is 2.83. The van der Waals surface area contributed by atoms with Gasteiger partial charge in [0.05, 0.1) is 4.92 Å². The number of benzene rings is 1. The lowest BCUT2D eigenvalue weighted by atomic mass is 10.2. The highest BCUT2D eigenvalue weighted by atomic mass is 32.2. The fourth-order valence-corrected chi connectivity index (χ4v) is 3.88. The van der Waals surface area contributed by atoms with Crippen molar-refractivity contribution in [3.63, 3.8) is 0 Å². The van der Waals surface area contributed by atoms with Crippen molar-refractivity contribution in [1.82, 2.24) is 15.1 Å². The van der Waals surface area contributed by atoms with Gasteiger partial charge in [0.15, 0.2) is 0 Å². The van der Waals surface area contributed by atoms with E-state index in [-0.39, 0.29) is 17.3 Å². The molecule has 1 amide bonds. The van der Waals surface area contributed by atoms with Gasteiger partial charge in [-0.1, -0.05) is 18.2 Å². The summed E-state index contributed by atoms with van der Waals surface area (Å²) in [7, 11) is 0. The van der Waals surface area contributed by atoms with Crippen LogP contribution in [0.4, 0.5) is 5.69 Å². The number of nitrogens with zero attached hydrogens (tertiary/aromatic N) is 3. The van der Waals surface area contributed by atoms with Crippen LogP contribution in [0.15, 0.2) is 35.2 Å². The maximum absolute atomic E-state index is 12.5. The molecular formula is C16H18N4O3S. The van der Waals surface area contributed by atoms with Gasteiger partial charge in [0, 0.05) is 23.7 Å². The Labute approximate surface area is 143 Å². The molecule has 7 nitrogen and oxygen atoms in total. The van der Waals surface area contributed by atoms with Crippen molar-refractivity contribution in [2.45, 2.75) is 18.2 Å². The Bertz CT molecular complexity index is 747. The molecule has 1 aliphatic rings. The second-order valence-electron chi connectivity index (χ2n) is 5.83. The molecule has 1 unspecified atom stereocenters. The zero-order valence-electron chi connectivity index (χ0n) is 13.3. The summed E-state index contributed by atoms with van der Waals surface area (Å²) in [6.45, 7) is 2.77. The van der Waals surface area contributed by atoms with Gasteiger partial charge < -0.3 is 4.90 Å². The van der Waals surface area contributed by atoms with Crippen LogP contribution in [0.25, 0.3) is 0 Å². The van der Waals surface area contributed by atoms with Crippen molar-refractivity contribution < 1.29 is 9.72 Å². The smallest absolute Gasteiger partial charge is 0.322 e. The van der Waals surface area contributed by atoms with Gasteiger partial charge >= 0.3 is 5.69 Å². The topological polar surface area (TPSA) is 92.1 Å². The fraction of sp³-hybridized carbons (Fsp3) is 0.375. The molecule has 0 saturated carbocycles. The average Bonchev–Trinajstić information content (AvgIpc) is 3.20. The molecule has 8 heteroatoms. The zero-order valence-corrected chi connectivity index (χ0v) is 14.1. The van der Waals surface area contributed by atoms with Gasteiger partial charge in [0.1, 0.15) is 5.69 Å². The molecule has 3 rings (SSSR count). The number of likely N-dealkylation sites (tertiary alicyclic amines) is 1. The summed E-state index contributed by atoms with van der Waals surface area (Å²) in [5, 5.41) is 17.5. The number of nitro groups is 1. The number of hydrogen-bond donors (Lipinski definition) is 1. The Balaban J connectivity index is 1.61. The van der Waals surface area contributed by atoms with Crippen LogP contribution < -0.4 is 0 Å². The third-order valence-electron chi connectivity index (χ3n) is 4.10. The van der Waals surface area contributed by atoms with Crippen molar-refractivity contribution in [1.29, 1.82) is 0 Å². The average molecular weight is 346 g/mol. The summed E-state index contributed by atoms with van der Waals surface area (Å²) in [4.78, 5) is 26.0. The first kappa shape index (κ1) is 16.5. The number of thioether (sulfide) groups is 1. The summed E-state index contributed by atoms with van der Waals surface area (Å²) in [5.41, 5.74) is -0.00490. The molecule has 126 valence electrons. The molecule has 1 aromatic carbocycles. The molecule has 2 heterocycles. The second kappa shape index (κ2) is 7.04. The molecule has 1 aromatic heterocycles. The maximum Gasteiger partial charge on any atom is 0.322 e. The number of H-pyrrole nitrogens is 1. The van der Waals surface area contributed by atoms with E-state index < -0.39 is 4.92 Å². The predicted molar refractivity (Wildman–Crippen MR) is 91.2 cm³/mol. The molecule has 1 fully saturated rings. The van der Waals surface area contributed by atoms with Crippen molar-refractivity contribution in [2.75, 3.05) is 18.8 Å². The number of rotatable bonds is 5. The van der Waals surface area contributed by atoms with Gasteiger partial charge in [-0.2, -0.15) is 5.10 Å². The second-order valence-corrected chi connectivity index (χ2v) is 6.93. The lowest BCUT2D eigenvalue weighted by Crippen LogP contribution is -2.29. The summed E-state index contributed by atoms with van der Waals surface area (Å²) in [5.74, 6) is 0.951. The minimum Gasteiger partial charge on any atom is -0.337 e. The molecule has 0 spiro atoms. The number of carbonyl (C=O) groups is 1. The first-order valence-electron chi connectivity index (χ1n) is 7.72. The van der Waals surface area contributed by atoms with Crippen LogP contribution in [0.3, 0.4) is 0 Å². The Morgan fingerprint density at radius 2 is 2.21 bits per heavy atom. The largest absolute Gasteiger partial charge is 0.337 e. The van der Waals surface area contributed by atoms with Crippen LogP contribution in [0.2, 0.25) is 0 Å². The highest BCUT2D eigenvalue weighted by Crippen LogP contribution is 2.28. The Morgan fingerprint density at radius 3 is 2.92 bits per heavy atom. The van der Waals surface area contributed by atoms with Crippen molar-refractivity contribution in [2.24, 2.45) is 5.92 Å². The van der Waals surface area contributed by atoms with Gasteiger partial charge in [0.2, 0.25) is 5.69 Å². The highest BCUT2D eigenvalue weighted by Gasteiger charge is 2.34. The van der Waals surface area contributed by atoms with E-state index in [1.807, 2.05) is 18.2 Å². The first-order chi connectivity index (χ1) is 11.6. The number of amides is 1. The number of hydrogen-bond acceptors (Lipinski definition) is 5. The number of nitrogens with one attached hydrogen (secondary N) is 1. The van der Waals surface area contributed by atoms with Crippen molar-refractivity contribution >= 4 is 23.4 Å². The predicted octanol–water partition coefficient (Wildman–Crippen LogP) is 2.88. The Hall–Kier alpha value is -2.35. The highest BCUT2D eigenvalue weighted by molar-refractivity contribution is 7.99. The molecule has 1 atom stereocenters. The van der Waals surface area contributed by atoms with Crippen LogP contribution >= 0.6 is 11.8 Å². The molecule has 0 radical (unpaired) electrons. The number of aromatic amines is 1. The third kappa shape index (κ3) is 3.43. The summed E-state index contributed by atoms with van der Waals surface area (Å²) in [6.07, 6.45) is 0.906. The van der Waals surface area contributed by atoms with Crippen LogP contribution in [-0.4, -0.2) is 44.8 Å². The maximum atomic E-state index is 12.5. The lowest BCUT2D eigenvalue weighted by molar-refractivity contribution is -0.385.